The molecule has 0 aromatic rings. The zero-order valence-corrected chi connectivity index (χ0v) is 15.6. The first kappa shape index (κ1) is 22.0. The molecule has 0 radical (unpaired) electrons. The number of carbonyl (C=O) groups is 1. The highest BCUT2D eigenvalue weighted by atomic mass is 19.4. The van der Waals surface area contributed by atoms with Crippen LogP contribution in [0.3, 0.4) is 0 Å². The summed E-state index contributed by atoms with van der Waals surface area (Å²) in [5, 5.41) is 3.22. The molecule has 1 N–H and O–H groups in total. The van der Waals surface area contributed by atoms with Gasteiger partial charge in [0, 0.05) is 19.0 Å². The van der Waals surface area contributed by atoms with Crippen LogP contribution in [0, 0.1) is 0 Å². The van der Waals surface area contributed by atoms with E-state index in [1.54, 1.807) is 4.90 Å². The topological polar surface area (TPSA) is 50.8 Å². The molecule has 1 fully saturated rings. The molecule has 148 valence electrons. The maximum Gasteiger partial charge on any atom is 0.410 e. The van der Waals surface area contributed by atoms with E-state index >= 15 is 0 Å². The monoisotopic (exact) mass is 368 g/mol. The number of nitrogens with zero attached hydrogens (tertiary/aromatic N) is 1. The van der Waals surface area contributed by atoms with Crippen LogP contribution in [0.1, 0.15) is 53.4 Å². The van der Waals surface area contributed by atoms with Crippen molar-refractivity contribution in [3.05, 3.63) is 0 Å². The van der Waals surface area contributed by atoms with E-state index in [-0.39, 0.29) is 24.6 Å². The van der Waals surface area contributed by atoms with Crippen molar-refractivity contribution in [3.63, 3.8) is 0 Å². The van der Waals surface area contributed by atoms with Gasteiger partial charge in [0.25, 0.3) is 0 Å². The zero-order valence-electron chi connectivity index (χ0n) is 15.6. The molecule has 1 aliphatic rings. The van der Waals surface area contributed by atoms with E-state index in [2.05, 4.69) is 5.32 Å². The molecule has 0 bridgehead atoms. The number of halogens is 3. The van der Waals surface area contributed by atoms with Crippen LogP contribution in [0.15, 0.2) is 0 Å². The molecule has 0 saturated carbocycles. The molecule has 25 heavy (non-hydrogen) atoms. The molecule has 5 nitrogen and oxygen atoms in total. The van der Waals surface area contributed by atoms with Crippen molar-refractivity contribution >= 4 is 6.09 Å². The minimum absolute atomic E-state index is 0.0718. The van der Waals surface area contributed by atoms with Crippen molar-refractivity contribution in [3.8, 4) is 0 Å². The Hall–Kier alpha value is -1.02. The van der Waals surface area contributed by atoms with Gasteiger partial charge in [0.2, 0.25) is 0 Å². The fourth-order valence-electron chi connectivity index (χ4n) is 2.70. The number of unbranched alkanes of at least 4 members (excludes halogenated alkanes) is 1. The van der Waals surface area contributed by atoms with Crippen LogP contribution in [-0.2, 0) is 9.47 Å². The van der Waals surface area contributed by atoms with E-state index in [1.165, 1.54) is 0 Å². The summed E-state index contributed by atoms with van der Waals surface area (Å²) in [6.07, 6.45) is -3.91. The standard InChI is InChI=1S/C17H31F3N2O3/c1-13(21-8-6-5-7-17(18,19)20)11-14-12-24-10-9-22(14)15(23)25-16(2,3)4/h13-14,21H,5-12H2,1-4H3. The first-order valence-electron chi connectivity index (χ1n) is 8.85. The van der Waals surface area contributed by atoms with Crippen molar-refractivity contribution in [2.75, 3.05) is 26.3 Å². The number of morpholine rings is 1. The Labute approximate surface area is 148 Å². The minimum Gasteiger partial charge on any atom is -0.444 e. The Morgan fingerprint density at radius 1 is 1.32 bits per heavy atom. The summed E-state index contributed by atoms with van der Waals surface area (Å²) in [5.74, 6) is 0. The third-order valence-corrected chi connectivity index (χ3v) is 3.86. The molecule has 1 amide bonds. The fourth-order valence-corrected chi connectivity index (χ4v) is 2.70. The molecular formula is C17H31F3N2O3. The van der Waals surface area contributed by atoms with Crippen LogP contribution in [0.2, 0.25) is 0 Å². The molecule has 0 spiro atoms. The summed E-state index contributed by atoms with van der Waals surface area (Å²) in [6, 6.07) is -0.0243. The molecule has 2 unspecified atom stereocenters. The average Bonchev–Trinajstić information content (AvgIpc) is 2.44. The van der Waals surface area contributed by atoms with Gasteiger partial charge in [-0.2, -0.15) is 13.2 Å². The molecule has 2 atom stereocenters. The molecular weight excluding hydrogens is 337 g/mol. The van der Waals surface area contributed by atoms with Gasteiger partial charge in [-0.25, -0.2) is 4.79 Å². The van der Waals surface area contributed by atoms with E-state index in [9.17, 15) is 18.0 Å². The smallest absolute Gasteiger partial charge is 0.410 e. The predicted octanol–water partition coefficient (Wildman–Crippen LogP) is 3.72. The Morgan fingerprint density at radius 2 is 2.00 bits per heavy atom. The highest BCUT2D eigenvalue weighted by molar-refractivity contribution is 5.68. The summed E-state index contributed by atoms with van der Waals surface area (Å²) in [6.45, 7) is 9.37. The molecule has 0 aromatic heterocycles. The third-order valence-electron chi connectivity index (χ3n) is 3.86. The van der Waals surface area contributed by atoms with Gasteiger partial charge in [-0.3, -0.25) is 0 Å². The number of amides is 1. The number of ether oxygens (including phenoxy) is 2. The van der Waals surface area contributed by atoms with Gasteiger partial charge in [0.1, 0.15) is 5.60 Å². The predicted molar refractivity (Wildman–Crippen MR) is 89.5 cm³/mol. The van der Waals surface area contributed by atoms with Crippen molar-refractivity contribution in [2.45, 2.75) is 77.2 Å². The summed E-state index contributed by atoms with van der Waals surface area (Å²) in [5.41, 5.74) is -0.553. The second-order valence-corrected chi connectivity index (χ2v) is 7.57. The van der Waals surface area contributed by atoms with E-state index in [0.29, 0.717) is 39.1 Å². The summed E-state index contributed by atoms with van der Waals surface area (Å²) >= 11 is 0. The van der Waals surface area contributed by atoms with Crippen molar-refractivity contribution in [1.82, 2.24) is 10.2 Å². The van der Waals surface area contributed by atoms with Gasteiger partial charge < -0.3 is 19.7 Å². The molecule has 8 heteroatoms. The Kier molecular flexibility index (Phi) is 8.47. The Bertz CT molecular complexity index is 411. The van der Waals surface area contributed by atoms with Crippen molar-refractivity contribution in [2.24, 2.45) is 0 Å². The van der Waals surface area contributed by atoms with Gasteiger partial charge in [0.05, 0.1) is 19.3 Å². The van der Waals surface area contributed by atoms with E-state index < -0.39 is 18.2 Å². The number of hydrogen-bond acceptors (Lipinski definition) is 4. The Balaban J connectivity index is 2.37. The highest BCUT2D eigenvalue weighted by Gasteiger charge is 2.32. The molecule has 1 heterocycles. The number of hydrogen-bond donors (Lipinski definition) is 1. The second kappa shape index (κ2) is 9.62. The lowest BCUT2D eigenvalue weighted by atomic mass is 10.1. The fraction of sp³-hybridized carbons (Fsp3) is 0.941. The van der Waals surface area contributed by atoms with Crippen LogP contribution in [0.5, 0.6) is 0 Å². The molecule has 0 aliphatic carbocycles. The lowest BCUT2D eigenvalue weighted by molar-refractivity contribution is -0.135. The van der Waals surface area contributed by atoms with Gasteiger partial charge >= 0.3 is 12.3 Å². The number of nitrogens with one attached hydrogen (secondary N) is 1. The molecule has 1 saturated heterocycles. The van der Waals surface area contributed by atoms with Crippen LogP contribution < -0.4 is 5.32 Å². The van der Waals surface area contributed by atoms with Crippen molar-refractivity contribution < 1.29 is 27.4 Å². The van der Waals surface area contributed by atoms with Gasteiger partial charge in [0.15, 0.2) is 0 Å². The molecule has 0 aromatic carbocycles. The number of rotatable bonds is 7. The first-order valence-corrected chi connectivity index (χ1v) is 8.85. The Morgan fingerprint density at radius 3 is 2.60 bits per heavy atom. The minimum atomic E-state index is -4.08. The maximum absolute atomic E-state index is 12.3. The maximum atomic E-state index is 12.3. The van der Waals surface area contributed by atoms with E-state index in [0.717, 1.165) is 0 Å². The highest BCUT2D eigenvalue weighted by Crippen LogP contribution is 2.22. The van der Waals surface area contributed by atoms with E-state index in [4.69, 9.17) is 9.47 Å². The van der Waals surface area contributed by atoms with Gasteiger partial charge in [-0.1, -0.05) is 0 Å². The molecule has 1 aliphatic heterocycles. The average molecular weight is 368 g/mol. The zero-order chi connectivity index (χ0) is 19.1. The first-order chi connectivity index (χ1) is 11.5. The van der Waals surface area contributed by atoms with Gasteiger partial charge in [-0.15, -0.1) is 0 Å². The lowest BCUT2D eigenvalue weighted by Crippen LogP contribution is -2.52. The van der Waals surface area contributed by atoms with Crippen molar-refractivity contribution in [1.29, 1.82) is 0 Å². The normalized spacial score (nSPS) is 20.4. The number of alkyl halides is 3. The SMILES string of the molecule is CC(CC1COCCN1C(=O)OC(C)(C)C)NCCCCC(F)(F)F. The molecule has 1 rings (SSSR count). The van der Waals surface area contributed by atoms with Crippen LogP contribution in [0.25, 0.3) is 0 Å². The summed E-state index contributed by atoms with van der Waals surface area (Å²) < 4.78 is 47.2. The van der Waals surface area contributed by atoms with Crippen LogP contribution >= 0.6 is 0 Å². The quantitative estimate of drug-likeness (QED) is 0.696. The summed E-state index contributed by atoms with van der Waals surface area (Å²) in [4.78, 5) is 14.0. The lowest BCUT2D eigenvalue weighted by Gasteiger charge is -2.37. The second-order valence-electron chi connectivity index (χ2n) is 7.57. The van der Waals surface area contributed by atoms with Crippen LogP contribution in [-0.4, -0.2) is 61.2 Å². The van der Waals surface area contributed by atoms with Gasteiger partial charge in [-0.05, 0) is 53.5 Å². The van der Waals surface area contributed by atoms with Crippen LogP contribution in [0.4, 0.5) is 18.0 Å². The number of carbonyl (C=O) groups excluding carboxylic acids is 1. The largest absolute Gasteiger partial charge is 0.444 e. The van der Waals surface area contributed by atoms with E-state index in [1.807, 2.05) is 27.7 Å². The third kappa shape index (κ3) is 9.89. The summed E-state index contributed by atoms with van der Waals surface area (Å²) in [7, 11) is 0.